The Labute approximate surface area is 128 Å². The molecule has 2 aromatic carbocycles. The van der Waals surface area contributed by atoms with E-state index in [2.05, 4.69) is 4.99 Å². The quantitative estimate of drug-likeness (QED) is 0.792. The number of amides is 1. The number of aliphatic imine (C=N–C) groups is 1. The lowest BCUT2D eigenvalue weighted by Gasteiger charge is -2.19. The maximum atomic E-state index is 12.4. The number of fused-ring (bicyclic) bond motifs is 1. The predicted molar refractivity (Wildman–Crippen MR) is 86.4 cm³/mol. The Bertz CT molecular complexity index is 725. The molecule has 2 aromatic rings. The van der Waals surface area contributed by atoms with Crippen molar-refractivity contribution in [1.82, 2.24) is 0 Å². The predicted octanol–water partition coefficient (Wildman–Crippen LogP) is 3.54. The highest BCUT2D eigenvalue weighted by molar-refractivity contribution is 6.32. The molecular weight excluding hydrogens is 284 g/mol. The topological polar surface area (TPSA) is 32.7 Å². The van der Waals surface area contributed by atoms with E-state index in [4.69, 9.17) is 11.6 Å². The monoisotopic (exact) mass is 298 g/mol. The minimum absolute atomic E-state index is 0.0236. The van der Waals surface area contributed by atoms with Crippen LogP contribution in [0.25, 0.3) is 0 Å². The van der Waals surface area contributed by atoms with Gasteiger partial charge in [-0.1, -0.05) is 41.9 Å². The van der Waals surface area contributed by atoms with Crippen molar-refractivity contribution in [3.05, 3.63) is 64.7 Å². The molecule has 1 unspecified atom stereocenters. The standard InChI is InChI=1S/C17H15ClN2O/c1-11-17(21)20(2)15-9-8-13(18)10-14(15)16(19-11)12-6-4-3-5-7-12/h3-11H,1-2H3. The SMILES string of the molecule is CC1N=C(c2ccccc2)c2cc(Cl)ccc2N(C)C1=O. The summed E-state index contributed by atoms with van der Waals surface area (Å²) in [7, 11) is 1.77. The van der Waals surface area contributed by atoms with Gasteiger partial charge in [-0.05, 0) is 25.1 Å². The van der Waals surface area contributed by atoms with Crippen LogP contribution in [0.2, 0.25) is 5.02 Å². The lowest BCUT2D eigenvalue weighted by atomic mass is 10.0. The lowest BCUT2D eigenvalue weighted by molar-refractivity contribution is -0.119. The summed E-state index contributed by atoms with van der Waals surface area (Å²) in [6.07, 6.45) is 0. The van der Waals surface area contributed by atoms with Gasteiger partial charge in [0.1, 0.15) is 6.04 Å². The first-order valence-electron chi connectivity index (χ1n) is 6.78. The summed E-state index contributed by atoms with van der Waals surface area (Å²) < 4.78 is 0. The highest BCUT2D eigenvalue weighted by atomic mass is 35.5. The molecule has 0 N–H and O–H groups in total. The highest BCUT2D eigenvalue weighted by Gasteiger charge is 2.27. The van der Waals surface area contributed by atoms with Gasteiger partial charge in [0.25, 0.3) is 5.91 Å². The van der Waals surface area contributed by atoms with E-state index in [-0.39, 0.29) is 5.91 Å². The first-order valence-corrected chi connectivity index (χ1v) is 7.16. The molecule has 0 radical (unpaired) electrons. The maximum absolute atomic E-state index is 12.4. The van der Waals surface area contributed by atoms with E-state index < -0.39 is 6.04 Å². The Hall–Kier alpha value is -2.13. The van der Waals surface area contributed by atoms with Gasteiger partial charge in [0.05, 0.1) is 11.4 Å². The molecule has 106 valence electrons. The average Bonchev–Trinajstić information content (AvgIpc) is 2.59. The Kier molecular flexibility index (Phi) is 3.52. The number of benzene rings is 2. The molecule has 1 heterocycles. The number of nitrogens with zero attached hydrogens (tertiary/aromatic N) is 2. The Morgan fingerprint density at radius 1 is 1.14 bits per heavy atom. The molecule has 1 amide bonds. The van der Waals surface area contributed by atoms with Crippen molar-refractivity contribution in [3.63, 3.8) is 0 Å². The average molecular weight is 299 g/mol. The largest absolute Gasteiger partial charge is 0.313 e. The lowest BCUT2D eigenvalue weighted by Crippen LogP contribution is -2.32. The van der Waals surface area contributed by atoms with Crippen LogP contribution in [0.15, 0.2) is 53.5 Å². The molecule has 0 bridgehead atoms. The number of carbonyl (C=O) groups is 1. The molecule has 0 fully saturated rings. The van der Waals surface area contributed by atoms with Gasteiger partial charge in [-0.2, -0.15) is 0 Å². The van der Waals surface area contributed by atoms with Gasteiger partial charge in [0, 0.05) is 23.2 Å². The summed E-state index contributed by atoms with van der Waals surface area (Å²) in [4.78, 5) is 18.6. The summed E-state index contributed by atoms with van der Waals surface area (Å²) in [6, 6.07) is 15.0. The van der Waals surface area contributed by atoms with Crippen LogP contribution in [0.1, 0.15) is 18.1 Å². The van der Waals surface area contributed by atoms with Crippen LogP contribution in [0.5, 0.6) is 0 Å². The van der Waals surface area contributed by atoms with Crippen LogP contribution in [-0.2, 0) is 4.79 Å². The van der Waals surface area contributed by atoms with Crippen LogP contribution in [-0.4, -0.2) is 24.7 Å². The number of carbonyl (C=O) groups excluding carboxylic acids is 1. The zero-order valence-corrected chi connectivity index (χ0v) is 12.6. The number of halogens is 1. The fraction of sp³-hybridized carbons (Fsp3) is 0.176. The number of hydrogen-bond donors (Lipinski definition) is 0. The molecule has 1 atom stereocenters. The van der Waals surface area contributed by atoms with Crippen LogP contribution in [0, 0.1) is 0 Å². The molecule has 0 spiro atoms. The van der Waals surface area contributed by atoms with Crippen molar-refractivity contribution in [2.75, 3.05) is 11.9 Å². The molecule has 1 aliphatic heterocycles. The number of likely N-dealkylation sites (N-methyl/N-ethyl adjacent to an activating group) is 1. The van der Waals surface area contributed by atoms with Crippen molar-refractivity contribution in [2.24, 2.45) is 4.99 Å². The van der Waals surface area contributed by atoms with E-state index in [9.17, 15) is 4.79 Å². The summed E-state index contributed by atoms with van der Waals surface area (Å²) in [5, 5.41) is 0.632. The second-order valence-corrected chi connectivity index (χ2v) is 5.51. The van der Waals surface area contributed by atoms with E-state index in [1.807, 2.05) is 49.4 Å². The molecule has 0 aliphatic carbocycles. The third kappa shape index (κ3) is 2.45. The zero-order valence-electron chi connectivity index (χ0n) is 11.9. The third-order valence-corrected chi connectivity index (χ3v) is 3.87. The van der Waals surface area contributed by atoms with Crippen LogP contribution >= 0.6 is 11.6 Å². The summed E-state index contributed by atoms with van der Waals surface area (Å²) >= 11 is 6.14. The Morgan fingerprint density at radius 2 is 1.86 bits per heavy atom. The second-order valence-electron chi connectivity index (χ2n) is 5.08. The minimum atomic E-state index is -0.420. The van der Waals surface area contributed by atoms with E-state index >= 15 is 0 Å². The van der Waals surface area contributed by atoms with Crippen molar-refractivity contribution in [2.45, 2.75) is 13.0 Å². The van der Waals surface area contributed by atoms with Gasteiger partial charge >= 0.3 is 0 Å². The molecule has 4 heteroatoms. The molecule has 3 nitrogen and oxygen atoms in total. The van der Waals surface area contributed by atoms with Gasteiger partial charge in [0.2, 0.25) is 0 Å². The van der Waals surface area contributed by atoms with Crippen molar-refractivity contribution < 1.29 is 4.79 Å². The van der Waals surface area contributed by atoms with Gasteiger partial charge in [-0.25, -0.2) is 0 Å². The van der Waals surface area contributed by atoms with Crippen molar-refractivity contribution in [1.29, 1.82) is 0 Å². The second kappa shape index (κ2) is 5.34. The smallest absolute Gasteiger partial charge is 0.251 e. The first kappa shape index (κ1) is 13.8. The van der Waals surface area contributed by atoms with Crippen LogP contribution in [0.4, 0.5) is 5.69 Å². The molecule has 21 heavy (non-hydrogen) atoms. The number of hydrogen-bond acceptors (Lipinski definition) is 2. The van der Waals surface area contributed by atoms with Crippen LogP contribution < -0.4 is 4.90 Å². The summed E-state index contributed by atoms with van der Waals surface area (Å²) in [5.74, 6) is -0.0236. The molecule has 0 saturated carbocycles. The summed E-state index contributed by atoms with van der Waals surface area (Å²) in [6.45, 7) is 1.81. The highest BCUT2D eigenvalue weighted by Crippen LogP contribution is 2.29. The van der Waals surface area contributed by atoms with E-state index in [1.54, 1.807) is 18.0 Å². The van der Waals surface area contributed by atoms with Gasteiger partial charge in [0.15, 0.2) is 0 Å². The molecule has 1 aliphatic rings. The van der Waals surface area contributed by atoms with E-state index in [0.29, 0.717) is 5.02 Å². The van der Waals surface area contributed by atoms with Crippen molar-refractivity contribution >= 4 is 28.9 Å². The maximum Gasteiger partial charge on any atom is 0.251 e. The van der Waals surface area contributed by atoms with Crippen molar-refractivity contribution in [3.8, 4) is 0 Å². The van der Waals surface area contributed by atoms with Gasteiger partial charge in [-0.3, -0.25) is 9.79 Å². The summed E-state index contributed by atoms with van der Waals surface area (Å²) in [5.41, 5.74) is 3.50. The fourth-order valence-electron chi connectivity index (χ4n) is 2.53. The van der Waals surface area contributed by atoms with Crippen LogP contribution in [0.3, 0.4) is 0 Å². The minimum Gasteiger partial charge on any atom is -0.313 e. The molecule has 0 saturated heterocycles. The molecular formula is C17H15ClN2O. The third-order valence-electron chi connectivity index (χ3n) is 3.63. The Balaban J connectivity index is 2.27. The normalized spacial score (nSPS) is 18.0. The number of rotatable bonds is 1. The number of benzodiazepines with no additional fused rings is 1. The molecule has 3 rings (SSSR count). The van der Waals surface area contributed by atoms with Gasteiger partial charge in [-0.15, -0.1) is 0 Å². The Morgan fingerprint density at radius 3 is 2.57 bits per heavy atom. The fourth-order valence-corrected chi connectivity index (χ4v) is 2.71. The van der Waals surface area contributed by atoms with E-state index in [0.717, 1.165) is 22.5 Å². The first-order chi connectivity index (χ1) is 10.1. The van der Waals surface area contributed by atoms with Gasteiger partial charge < -0.3 is 4.90 Å². The zero-order chi connectivity index (χ0) is 15.0. The number of anilines is 1. The molecule has 0 aromatic heterocycles. The van der Waals surface area contributed by atoms with E-state index in [1.165, 1.54) is 0 Å².